The third-order valence-electron chi connectivity index (χ3n) is 6.22. The van der Waals surface area contributed by atoms with Crippen molar-refractivity contribution in [3.63, 3.8) is 0 Å². The average Bonchev–Trinajstić information content (AvgIpc) is 3.33. The third-order valence-corrected chi connectivity index (χ3v) is 8.16. The summed E-state index contributed by atoms with van der Waals surface area (Å²) in [6.07, 6.45) is 10.1. The largest absolute Gasteiger partial charge is 0.465 e. The Morgan fingerprint density at radius 2 is 1.70 bits per heavy atom. The molecule has 3 atom stereocenters. The lowest BCUT2D eigenvalue weighted by Crippen LogP contribution is -2.49. The van der Waals surface area contributed by atoms with Crippen molar-refractivity contribution in [2.24, 2.45) is 0 Å². The van der Waals surface area contributed by atoms with Gasteiger partial charge in [-0.15, -0.1) is 0 Å². The summed E-state index contributed by atoms with van der Waals surface area (Å²) in [6.45, 7) is 12.7. The number of nitrogens with one attached hydrogen (secondary N) is 2. The number of rotatable bonds is 20. The highest BCUT2D eigenvalue weighted by molar-refractivity contribution is 7.53. The lowest BCUT2D eigenvalue weighted by Gasteiger charge is -2.32. The van der Waals surface area contributed by atoms with Gasteiger partial charge < -0.3 is 24.5 Å². The van der Waals surface area contributed by atoms with Crippen molar-refractivity contribution >= 4 is 37.1 Å². The lowest BCUT2D eigenvalue weighted by atomic mass is 10.1. The molecular weight excluding hydrogens is 533 g/mol. The summed E-state index contributed by atoms with van der Waals surface area (Å²) in [4.78, 5) is 38.1. The van der Waals surface area contributed by atoms with E-state index in [1.807, 2.05) is 11.5 Å². The van der Waals surface area contributed by atoms with E-state index >= 15 is 0 Å². The van der Waals surface area contributed by atoms with Crippen molar-refractivity contribution < 1.29 is 23.8 Å². The van der Waals surface area contributed by atoms with E-state index in [9.17, 15) is 9.59 Å². The molecule has 0 bridgehead atoms. The third kappa shape index (κ3) is 11.2. The first-order valence-electron chi connectivity index (χ1n) is 14.3. The smallest absolute Gasteiger partial charge is 0.326 e. The van der Waals surface area contributed by atoms with Crippen molar-refractivity contribution in [2.75, 3.05) is 25.3 Å². The monoisotopic (exact) mass is 581 g/mol. The molecule has 2 rings (SSSR count). The molecular formula is C27H48N7O5P. The molecule has 2 aromatic rings. The number of nitrogen functional groups attached to an aromatic ring is 1. The van der Waals surface area contributed by atoms with E-state index in [2.05, 4.69) is 39.0 Å². The van der Waals surface area contributed by atoms with Crippen LogP contribution in [0, 0.1) is 0 Å². The zero-order valence-electron chi connectivity index (χ0n) is 24.9. The maximum atomic E-state index is 12.9. The number of esters is 2. The molecule has 40 heavy (non-hydrogen) atoms. The van der Waals surface area contributed by atoms with Gasteiger partial charge in [-0.3, -0.25) is 19.8 Å². The Morgan fingerprint density at radius 1 is 1.02 bits per heavy atom. The van der Waals surface area contributed by atoms with Crippen LogP contribution >= 0.6 is 8.22 Å². The summed E-state index contributed by atoms with van der Waals surface area (Å²) >= 11 is 0. The van der Waals surface area contributed by atoms with Crippen molar-refractivity contribution in [1.29, 1.82) is 0 Å². The molecule has 2 aromatic heterocycles. The van der Waals surface area contributed by atoms with Crippen LogP contribution in [0.2, 0.25) is 0 Å². The Kier molecular flexibility index (Phi) is 14.7. The van der Waals surface area contributed by atoms with Gasteiger partial charge in [0.2, 0.25) is 0 Å². The van der Waals surface area contributed by atoms with Gasteiger partial charge in [0.1, 0.15) is 23.4 Å². The second-order valence-corrected chi connectivity index (χ2v) is 12.1. The van der Waals surface area contributed by atoms with Crippen LogP contribution in [-0.2, 0) is 30.3 Å². The molecule has 0 fully saturated rings. The average molecular weight is 582 g/mol. The molecule has 1 unspecified atom stereocenters. The Labute approximate surface area is 239 Å². The fraction of sp³-hybridized carbons (Fsp3) is 0.741. The minimum absolute atomic E-state index is 0.230. The van der Waals surface area contributed by atoms with Crippen LogP contribution in [0.3, 0.4) is 0 Å². The molecule has 0 aliphatic carbocycles. The molecule has 226 valence electrons. The summed E-state index contributed by atoms with van der Waals surface area (Å²) in [5.41, 5.74) is 6.08. The van der Waals surface area contributed by atoms with E-state index in [-0.39, 0.29) is 24.4 Å². The van der Waals surface area contributed by atoms with E-state index in [1.54, 1.807) is 27.1 Å². The predicted octanol–water partition coefficient (Wildman–Crippen LogP) is 4.29. The predicted molar refractivity (Wildman–Crippen MR) is 157 cm³/mol. The number of hydrogen-bond acceptors (Lipinski definition) is 11. The van der Waals surface area contributed by atoms with E-state index in [0.29, 0.717) is 36.7 Å². The number of nitrogens with zero attached hydrogens (tertiary/aromatic N) is 4. The number of aromatic nitrogens is 4. The first kappa shape index (κ1) is 33.8. The number of imidazole rings is 1. The number of unbranched alkanes of at least 4 members (excludes halogenated alkanes) is 5. The summed E-state index contributed by atoms with van der Waals surface area (Å²) in [5.74, 6) is -0.357. The Balaban J connectivity index is 2.01. The molecule has 0 spiro atoms. The van der Waals surface area contributed by atoms with Gasteiger partial charge in [-0.25, -0.2) is 15.0 Å². The highest BCUT2D eigenvalue weighted by Crippen LogP contribution is 2.31. The topological polar surface area (TPSA) is 156 Å². The first-order valence-corrected chi connectivity index (χ1v) is 15.8. The quantitative estimate of drug-likeness (QED) is 0.116. The second-order valence-electron chi connectivity index (χ2n) is 10.5. The first-order chi connectivity index (χ1) is 19.1. The lowest BCUT2D eigenvalue weighted by molar-refractivity contribution is -0.149. The molecule has 0 saturated heterocycles. The van der Waals surface area contributed by atoms with Gasteiger partial charge in [0, 0.05) is 0 Å². The second kappa shape index (κ2) is 17.4. The van der Waals surface area contributed by atoms with Crippen molar-refractivity contribution in [2.45, 2.75) is 111 Å². The number of anilines is 1. The Bertz CT molecular complexity index is 1050. The van der Waals surface area contributed by atoms with Gasteiger partial charge in [0.15, 0.2) is 11.5 Å². The summed E-state index contributed by atoms with van der Waals surface area (Å²) in [7, 11) is -1.33. The summed E-state index contributed by atoms with van der Waals surface area (Å²) < 4.78 is 19.0. The molecule has 12 nitrogen and oxygen atoms in total. The zero-order valence-corrected chi connectivity index (χ0v) is 25.8. The summed E-state index contributed by atoms with van der Waals surface area (Å²) in [5, 5.41) is 6.64. The molecule has 2 heterocycles. The van der Waals surface area contributed by atoms with Gasteiger partial charge in [-0.05, 0) is 40.5 Å². The van der Waals surface area contributed by atoms with Crippen LogP contribution in [0.15, 0.2) is 12.7 Å². The SMILES string of the molecule is CCCCCCOC(=O)C(C)(C)NP(CO[C@H](C)Cn1cnc2c(N)ncnc21)N[C@H](C)C(=O)OCCCCC. The molecule has 0 radical (unpaired) electrons. The maximum absolute atomic E-state index is 12.9. The van der Waals surface area contributed by atoms with Crippen LogP contribution in [0.5, 0.6) is 0 Å². The van der Waals surface area contributed by atoms with Crippen LogP contribution in [0.1, 0.15) is 86.5 Å². The van der Waals surface area contributed by atoms with Gasteiger partial charge >= 0.3 is 11.9 Å². The molecule has 0 aromatic carbocycles. The van der Waals surface area contributed by atoms with E-state index < -0.39 is 19.8 Å². The van der Waals surface area contributed by atoms with Crippen molar-refractivity contribution in [3.8, 4) is 0 Å². The Hall–Kier alpha value is -2.40. The van der Waals surface area contributed by atoms with Crippen LogP contribution in [-0.4, -0.2) is 68.7 Å². The standard InChI is InChI=1S/C27H48N7O5P/c1-7-9-11-13-15-38-26(36)27(5,6)33-40(32-21(4)25(35)37-14-12-10-8-2)19-39-20(3)16-34-18-31-22-23(28)29-17-30-24(22)34/h17-18,20-21,32-33H,7-16,19H2,1-6H3,(H2,28,29,30)/t20-,21-,40?/m1/s1. The van der Waals surface area contributed by atoms with Crippen LogP contribution in [0.25, 0.3) is 11.2 Å². The molecule has 0 aliphatic heterocycles. The van der Waals surface area contributed by atoms with E-state index in [0.717, 1.165) is 44.9 Å². The fourth-order valence-corrected chi connectivity index (χ4v) is 5.81. The molecule has 0 aliphatic rings. The summed E-state index contributed by atoms with van der Waals surface area (Å²) in [6, 6.07) is -0.586. The number of fused-ring (bicyclic) bond motifs is 1. The van der Waals surface area contributed by atoms with Crippen molar-refractivity contribution in [3.05, 3.63) is 12.7 Å². The number of hydrogen-bond donors (Lipinski definition) is 3. The van der Waals surface area contributed by atoms with Gasteiger partial charge in [0.05, 0.1) is 46.8 Å². The highest BCUT2D eigenvalue weighted by atomic mass is 31.1. The van der Waals surface area contributed by atoms with Gasteiger partial charge in [-0.1, -0.05) is 46.0 Å². The number of nitrogens with two attached hydrogens (primary N) is 1. The molecule has 13 heteroatoms. The number of carbonyl (C=O) groups excluding carboxylic acids is 2. The minimum Gasteiger partial charge on any atom is -0.465 e. The molecule has 4 N–H and O–H groups in total. The normalized spacial score (nSPS) is 14.2. The number of carbonyl (C=O) groups is 2. The van der Waals surface area contributed by atoms with E-state index in [4.69, 9.17) is 19.9 Å². The Morgan fingerprint density at radius 3 is 2.42 bits per heavy atom. The zero-order chi connectivity index (χ0) is 29.5. The molecule has 0 amide bonds. The molecule has 0 saturated carbocycles. The van der Waals surface area contributed by atoms with Crippen LogP contribution < -0.4 is 15.9 Å². The minimum atomic E-state index is -1.33. The van der Waals surface area contributed by atoms with Gasteiger partial charge in [0.25, 0.3) is 0 Å². The van der Waals surface area contributed by atoms with Crippen LogP contribution in [0.4, 0.5) is 5.82 Å². The number of ether oxygens (including phenoxy) is 3. The maximum Gasteiger partial charge on any atom is 0.326 e. The van der Waals surface area contributed by atoms with Gasteiger partial charge in [-0.2, -0.15) is 0 Å². The van der Waals surface area contributed by atoms with Crippen molar-refractivity contribution in [1.82, 2.24) is 29.7 Å². The highest BCUT2D eigenvalue weighted by Gasteiger charge is 2.33. The van der Waals surface area contributed by atoms with E-state index in [1.165, 1.54) is 6.33 Å². The fourth-order valence-electron chi connectivity index (χ4n) is 3.86.